The van der Waals surface area contributed by atoms with Crippen molar-refractivity contribution in [3.05, 3.63) is 28.3 Å². The first-order valence-electron chi connectivity index (χ1n) is 10.8. The van der Waals surface area contributed by atoms with Crippen molar-refractivity contribution in [3.63, 3.8) is 0 Å². The van der Waals surface area contributed by atoms with Crippen molar-refractivity contribution in [2.24, 2.45) is 23.2 Å². The summed E-state index contributed by atoms with van der Waals surface area (Å²) in [5.41, 5.74) is -0.478. The zero-order valence-electron chi connectivity index (χ0n) is 17.9. The molecule has 0 spiro atoms. The Morgan fingerprint density at radius 1 is 1.12 bits per heavy atom. The highest BCUT2D eigenvalue weighted by atomic mass is 16.6. The van der Waals surface area contributed by atoms with E-state index in [0.29, 0.717) is 17.8 Å². The van der Waals surface area contributed by atoms with Crippen molar-refractivity contribution in [1.29, 1.82) is 0 Å². The molecule has 4 fully saturated rings. The predicted molar refractivity (Wildman–Crippen MR) is 113 cm³/mol. The van der Waals surface area contributed by atoms with Gasteiger partial charge in [0.2, 0.25) is 5.91 Å². The van der Waals surface area contributed by atoms with Gasteiger partial charge in [-0.2, -0.15) is 0 Å². The van der Waals surface area contributed by atoms with Crippen molar-refractivity contribution in [1.82, 2.24) is 5.32 Å². The minimum Gasteiger partial charge on any atom is -0.495 e. The zero-order valence-corrected chi connectivity index (χ0v) is 17.9. The molecule has 32 heavy (non-hydrogen) atoms. The molecule has 4 aliphatic rings. The van der Waals surface area contributed by atoms with Gasteiger partial charge in [0.15, 0.2) is 6.61 Å². The second-order valence-electron chi connectivity index (χ2n) is 9.23. The fourth-order valence-electron chi connectivity index (χ4n) is 6.02. The van der Waals surface area contributed by atoms with Crippen molar-refractivity contribution >= 4 is 29.2 Å². The summed E-state index contributed by atoms with van der Waals surface area (Å²) in [4.78, 5) is 47.4. The highest BCUT2D eigenvalue weighted by molar-refractivity contribution is 5.95. The molecule has 10 heteroatoms. The van der Waals surface area contributed by atoms with E-state index in [0.717, 1.165) is 25.3 Å². The van der Waals surface area contributed by atoms with Crippen molar-refractivity contribution in [2.75, 3.05) is 25.6 Å². The summed E-state index contributed by atoms with van der Waals surface area (Å²) in [6.07, 6.45) is 6.35. The second-order valence-corrected chi connectivity index (χ2v) is 9.23. The van der Waals surface area contributed by atoms with E-state index in [1.165, 1.54) is 38.5 Å². The Kier molecular flexibility index (Phi) is 6.03. The van der Waals surface area contributed by atoms with Crippen molar-refractivity contribution < 1.29 is 28.8 Å². The van der Waals surface area contributed by atoms with E-state index in [1.54, 1.807) is 0 Å². The number of anilines is 1. The van der Waals surface area contributed by atoms with Gasteiger partial charge in [0.25, 0.3) is 11.6 Å². The average Bonchev–Trinajstić information content (AvgIpc) is 2.75. The second kappa shape index (κ2) is 8.76. The SMILES string of the molecule is COc1ccc([N+](=O)[O-])cc1NC(=O)COC(=O)CNC(=O)C12CC3CC(CC(C3)C1)C2. The van der Waals surface area contributed by atoms with Gasteiger partial charge in [-0.25, -0.2) is 0 Å². The van der Waals surface area contributed by atoms with Crippen LogP contribution in [0.4, 0.5) is 11.4 Å². The summed E-state index contributed by atoms with van der Waals surface area (Å²) in [6.45, 7) is -0.883. The summed E-state index contributed by atoms with van der Waals surface area (Å²) in [5.74, 6) is 0.613. The number of hydrogen-bond acceptors (Lipinski definition) is 7. The van der Waals surface area contributed by atoms with Crippen LogP contribution in [0.2, 0.25) is 0 Å². The van der Waals surface area contributed by atoms with Crippen LogP contribution in [-0.4, -0.2) is 43.0 Å². The molecule has 1 aromatic rings. The number of carbonyl (C=O) groups is 3. The van der Waals surface area contributed by atoms with Gasteiger partial charge >= 0.3 is 5.97 Å². The van der Waals surface area contributed by atoms with E-state index in [1.807, 2.05) is 0 Å². The molecule has 172 valence electrons. The molecule has 5 rings (SSSR count). The number of benzene rings is 1. The zero-order chi connectivity index (χ0) is 22.9. The van der Waals surface area contributed by atoms with Gasteiger partial charge in [-0.05, 0) is 62.3 Å². The molecule has 0 aliphatic heterocycles. The summed E-state index contributed by atoms with van der Waals surface area (Å²) >= 11 is 0. The van der Waals surface area contributed by atoms with Crippen molar-refractivity contribution in [3.8, 4) is 5.75 Å². The Labute approximate surface area is 185 Å². The molecule has 2 amide bonds. The first-order chi connectivity index (χ1) is 15.3. The summed E-state index contributed by atoms with van der Waals surface area (Å²) in [7, 11) is 1.36. The third-order valence-corrected chi connectivity index (χ3v) is 6.95. The Bertz CT molecular complexity index is 910. The van der Waals surface area contributed by atoms with Gasteiger partial charge in [-0.15, -0.1) is 0 Å². The molecular weight excluding hydrogens is 418 g/mol. The van der Waals surface area contributed by atoms with Gasteiger partial charge in [-0.1, -0.05) is 0 Å². The third kappa shape index (κ3) is 4.53. The number of hydrogen-bond donors (Lipinski definition) is 2. The number of carbonyl (C=O) groups excluding carboxylic acids is 3. The fraction of sp³-hybridized carbons (Fsp3) is 0.591. The lowest BCUT2D eigenvalue weighted by molar-refractivity contribution is -0.384. The number of nitrogens with zero attached hydrogens (tertiary/aromatic N) is 1. The number of nitro benzene ring substituents is 1. The number of nitrogens with one attached hydrogen (secondary N) is 2. The highest BCUT2D eigenvalue weighted by Crippen LogP contribution is 2.60. The lowest BCUT2D eigenvalue weighted by Gasteiger charge is -2.55. The van der Waals surface area contributed by atoms with Crippen LogP contribution < -0.4 is 15.4 Å². The minimum atomic E-state index is -0.718. The Morgan fingerprint density at radius 2 is 1.75 bits per heavy atom. The number of ether oxygens (including phenoxy) is 2. The maximum absolute atomic E-state index is 12.9. The molecule has 0 atom stereocenters. The Morgan fingerprint density at radius 3 is 2.31 bits per heavy atom. The largest absolute Gasteiger partial charge is 0.495 e. The van der Waals surface area contributed by atoms with Gasteiger partial charge < -0.3 is 20.1 Å². The number of rotatable bonds is 8. The molecule has 0 heterocycles. The maximum Gasteiger partial charge on any atom is 0.325 e. The van der Waals surface area contributed by atoms with E-state index < -0.39 is 23.4 Å². The minimum absolute atomic E-state index is 0.0840. The summed E-state index contributed by atoms with van der Waals surface area (Å²) < 4.78 is 10.0. The van der Waals surface area contributed by atoms with Crippen LogP contribution >= 0.6 is 0 Å². The molecule has 1 aromatic carbocycles. The van der Waals surface area contributed by atoms with Crippen LogP contribution in [0.25, 0.3) is 0 Å². The lowest BCUT2D eigenvalue weighted by Crippen LogP contribution is -2.54. The van der Waals surface area contributed by atoms with E-state index in [4.69, 9.17) is 9.47 Å². The predicted octanol–water partition coefficient (Wildman–Crippen LogP) is 2.42. The number of methoxy groups -OCH3 is 1. The first-order valence-corrected chi connectivity index (χ1v) is 10.8. The molecule has 0 saturated heterocycles. The fourth-order valence-corrected chi connectivity index (χ4v) is 6.02. The normalized spacial score (nSPS) is 27.5. The van der Waals surface area contributed by atoms with Crippen molar-refractivity contribution in [2.45, 2.75) is 38.5 Å². The number of nitro groups is 1. The van der Waals surface area contributed by atoms with E-state index in [2.05, 4.69) is 10.6 Å². The number of esters is 1. The molecule has 0 aromatic heterocycles. The maximum atomic E-state index is 12.9. The molecule has 0 unspecified atom stereocenters. The monoisotopic (exact) mass is 445 g/mol. The molecule has 4 aliphatic carbocycles. The Balaban J connectivity index is 1.25. The van der Waals surface area contributed by atoms with E-state index in [9.17, 15) is 24.5 Å². The van der Waals surface area contributed by atoms with Gasteiger partial charge in [-0.3, -0.25) is 24.5 Å². The van der Waals surface area contributed by atoms with E-state index >= 15 is 0 Å². The topological polar surface area (TPSA) is 137 Å². The van der Waals surface area contributed by atoms with Crippen LogP contribution in [0.3, 0.4) is 0 Å². The third-order valence-electron chi connectivity index (χ3n) is 6.95. The van der Waals surface area contributed by atoms with Gasteiger partial charge in [0.05, 0.1) is 17.7 Å². The Hall–Kier alpha value is -3.17. The van der Waals surface area contributed by atoms with Gasteiger partial charge in [0.1, 0.15) is 12.3 Å². The summed E-state index contributed by atoms with van der Waals surface area (Å²) in [5, 5.41) is 16.1. The van der Waals surface area contributed by atoms with Crippen LogP contribution in [0.5, 0.6) is 5.75 Å². The molecule has 2 N–H and O–H groups in total. The average molecular weight is 445 g/mol. The number of amides is 2. The number of non-ortho nitro benzene ring substituents is 1. The van der Waals surface area contributed by atoms with Crippen LogP contribution in [0.15, 0.2) is 18.2 Å². The van der Waals surface area contributed by atoms with Crippen LogP contribution in [-0.2, 0) is 19.1 Å². The van der Waals surface area contributed by atoms with Crippen LogP contribution in [0, 0.1) is 33.3 Å². The summed E-state index contributed by atoms with van der Waals surface area (Å²) in [6, 6.07) is 3.77. The molecule has 4 saturated carbocycles. The molecule has 0 radical (unpaired) electrons. The quantitative estimate of drug-likeness (QED) is 0.356. The molecular formula is C22H27N3O7. The first kappa shape index (κ1) is 22.0. The standard InChI is InChI=1S/C22H27N3O7/c1-31-18-3-2-16(25(29)30)7-17(18)24-19(26)12-32-20(27)11-23-21(28)22-8-13-4-14(9-22)6-15(5-13)10-22/h2-3,7,13-15H,4-6,8-12H2,1H3,(H,23,28)(H,24,26). The van der Waals surface area contributed by atoms with Gasteiger partial charge in [0, 0.05) is 17.5 Å². The smallest absolute Gasteiger partial charge is 0.325 e. The molecule has 10 nitrogen and oxygen atoms in total. The van der Waals surface area contributed by atoms with Crippen LogP contribution in [0.1, 0.15) is 38.5 Å². The molecule has 4 bridgehead atoms. The lowest BCUT2D eigenvalue weighted by atomic mass is 9.49. The van der Waals surface area contributed by atoms with E-state index in [-0.39, 0.29) is 35.0 Å². The highest BCUT2D eigenvalue weighted by Gasteiger charge is 2.54.